The van der Waals surface area contributed by atoms with Crippen LogP contribution in [0, 0.1) is 0 Å². The van der Waals surface area contributed by atoms with Gasteiger partial charge in [0.15, 0.2) is 0 Å². The van der Waals surface area contributed by atoms with Gasteiger partial charge in [-0.15, -0.1) is 0 Å². The van der Waals surface area contributed by atoms with Crippen LogP contribution in [0.25, 0.3) is 11.8 Å². The maximum atomic E-state index is 6.77. The monoisotopic (exact) mass is 535 g/mol. The average Bonchev–Trinajstić information content (AvgIpc) is 3.17. The Labute approximate surface area is 204 Å². The number of fused-ring (bicyclic) bond motifs is 2. The number of methoxy groups -OCH3 is 1. The Balaban J connectivity index is 0.00000160. The van der Waals surface area contributed by atoms with E-state index < -0.39 is 31.1 Å². The Morgan fingerprint density at radius 1 is 1.00 bits per heavy atom. The summed E-state index contributed by atoms with van der Waals surface area (Å²) in [5.41, 5.74) is 5.34. The summed E-state index contributed by atoms with van der Waals surface area (Å²) in [6.07, 6.45) is 4.79. The number of benzene rings is 2. The Kier molecular flexibility index (Phi) is 8.18. The maximum absolute atomic E-state index is 6.77. The normalized spacial score (nSPS) is 21.4. The van der Waals surface area contributed by atoms with Gasteiger partial charge in [0, 0.05) is 0 Å². The van der Waals surface area contributed by atoms with Gasteiger partial charge < -0.3 is 24.8 Å². The number of ether oxygens (including phenoxy) is 1. The van der Waals surface area contributed by atoms with Crippen molar-refractivity contribution in [3.8, 4) is 0 Å². The molecule has 6 heteroatoms. The van der Waals surface area contributed by atoms with E-state index in [9.17, 15) is 0 Å². The van der Waals surface area contributed by atoms with E-state index >= 15 is 0 Å². The largest absolute Gasteiger partial charge is 1.00 e. The number of hydrogen-bond donors (Lipinski definition) is 0. The standard InChI is InChI=1S/C22H23O2Si.C2H4.2ClH.Zr/c1-23-21-19-12-8-7-11-17(19)20(22(21)24-25(2,3)4)18-14-13-15-9-5-6-10-16(15)18;1-2;;;/h5-14,20H,1-4H3;1H,2H3;2*1H;/q;;;;+2/p-2. The quantitative estimate of drug-likeness (QED) is 0.492. The summed E-state index contributed by atoms with van der Waals surface area (Å²) in [7, 11) is -0.0361. The second-order valence-corrected chi connectivity index (χ2v) is 16.9. The molecule has 4 rings (SSSR count). The van der Waals surface area contributed by atoms with Crippen molar-refractivity contribution in [3.05, 3.63) is 82.6 Å². The molecular formula is C24H27Cl2O2SiZr. The molecule has 30 heavy (non-hydrogen) atoms. The summed E-state index contributed by atoms with van der Waals surface area (Å²) in [5, 5.41) is 0. The van der Waals surface area contributed by atoms with Gasteiger partial charge in [0.1, 0.15) is 0 Å². The number of hydrogen-bond acceptors (Lipinski definition) is 2. The van der Waals surface area contributed by atoms with Gasteiger partial charge in [-0.25, -0.2) is 0 Å². The van der Waals surface area contributed by atoms with Crippen LogP contribution in [-0.4, -0.2) is 19.1 Å². The third-order valence-corrected chi connectivity index (χ3v) is 9.89. The van der Waals surface area contributed by atoms with Crippen LogP contribution in [0.4, 0.5) is 0 Å². The molecule has 2 aliphatic rings. The van der Waals surface area contributed by atoms with Crippen molar-refractivity contribution in [3.63, 3.8) is 0 Å². The molecule has 2 aliphatic carbocycles. The van der Waals surface area contributed by atoms with Crippen LogP contribution in [0.2, 0.25) is 19.6 Å². The van der Waals surface area contributed by atoms with Gasteiger partial charge in [0.05, 0.1) is 0 Å². The second kappa shape index (κ2) is 9.69. The van der Waals surface area contributed by atoms with E-state index in [0.29, 0.717) is 0 Å². The fraction of sp³-hybridized carbons (Fsp3) is 0.292. The van der Waals surface area contributed by atoms with Crippen LogP contribution >= 0.6 is 0 Å². The van der Waals surface area contributed by atoms with Crippen molar-refractivity contribution in [1.82, 2.24) is 0 Å². The molecule has 157 valence electrons. The summed E-state index contributed by atoms with van der Waals surface area (Å²) in [6, 6.07) is 17.6. The molecule has 0 amide bonds. The van der Waals surface area contributed by atoms with E-state index in [1.807, 2.05) is 0 Å². The molecule has 0 heterocycles. The summed E-state index contributed by atoms with van der Waals surface area (Å²) in [5.74, 6) is 2.16. The summed E-state index contributed by atoms with van der Waals surface area (Å²) < 4.78 is 15.2. The van der Waals surface area contributed by atoms with Crippen molar-refractivity contribution >= 4 is 23.9 Å². The van der Waals surface area contributed by atoms with E-state index in [1.165, 1.54) is 22.3 Å². The number of halogens is 2. The van der Waals surface area contributed by atoms with Gasteiger partial charge in [-0.05, 0) is 0 Å². The van der Waals surface area contributed by atoms with Crippen molar-refractivity contribution in [2.75, 3.05) is 7.11 Å². The first-order chi connectivity index (χ1) is 13.4. The summed E-state index contributed by atoms with van der Waals surface area (Å²) in [4.78, 5) is 0. The zero-order valence-corrected chi connectivity index (χ0v) is 23.0. The van der Waals surface area contributed by atoms with Crippen LogP contribution < -0.4 is 24.8 Å². The average molecular weight is 538 g/mol. The zero-order valence-electron chi connectivity index (χ0n) is 18.0. The third-order valence-electron chi connectivity index (χ3n) is 5.39. The molecule has 0 aromatic heterocycles. The Morgan fingerprint density at radius 3 is 2.33 bits per heavy atom. The molecule has 0 saturated heterocycles. The first kappa shape index (κ1) is 25.3. The molecule has 0 saturated carbocycles. The van der Waals surface area contributed by atoms with Gasteiger partial charge in [-0.3, -0.25) is 0 Å². The molecule has 0 aliphatic heterocycles. The molecule has 2 unspecified atom stereocenters. The molecule has 0 bridgehead atoms. The van der Waals surface area contributed by atoms with E-state index in [-0.39, 0.29) is 33.9 Å². The Morgan fingerprint density at radius 2 is 1.67 bits per heavy atom. The maximum Gasteiger partial charge on any atom is -1.00 e. The predicted octanol–water partition coefficient (Wildman–Crippen LogP) is -0.215. The Bertz CT molecular complexity index is 1010. The molecule has 2 aromatic rings. The summed E-state index contributed by atoms with van der Waals surface area (Å²) in [6.45, 7) is 8.99. The topological polar surface area (TPSA) is 18.5 Å². The van der Waals surface area contributed by atoms with E-state index in [1.54, 1.807) is 7.11 Å². The van der Waals surface area contributed by atoms with E-state index in [0.717, 1.165) is 11.5 Å². The molecule has 0 fully saturated rings. The van der Waals surface area contributed by atoms with Crippen molar-refractivity contribution < 1.29 is 56.7 Å². The minimum absolute atomic E-state index is 0. The van der Waals surface area contributed by atoms with Gasteiger partial charge in [-0.2, -0.15) is 0 Å². The Hall–Kier alpha value is -0.930. The number of rotatable bonds is 5. The smallest absolute Gasteiger partial charge is 1.00 e. The van der Waals surface area contributed by atoms with Crippen molar-refractivity contribution in [1.29, 1.82) is 0 Å². The molecule has 0 radical (unpaired) electrons. The summed E-state index contributed by atoms with van der Waals surface area (Å²) >= 11 is -0.908. The molecular weight excluding hydrogens is 510 g/mol. The zero-order chi connectivity index (χ0) is 19.9. The fourth-order valence-corrected chi connectivity index (χ4v) is 9.03. The van der Waals surface area contributed by atoms with Gasteiger partial charge in [0.25, 0.3) is 0 Å². The van der Waals surface area contributed by atoms with Crippen LogP contribution in [0.5, 0.6) is 0 Å². The minimum Gasteiger partial charge on any atom is -1.00 e. The van der Waals surface area contributed by atoms with E-state index in [2.05, 4.69) is 91.0 Å². The predicted molar refractivity (Wildman–Crippen MR) is 116 cm³/mol. The second-order valence-electron chi connectivity index (χ2n) is 8.35. The van der Waals surface area contributed by atoms with E-state index in [4.69, 9.17) is 9.16 Å². The van der Waals surface area contributed by atoms with Crippen molar-refractivity contribution in [2.45, 2.75) is 35.6 Å². The molecule has 2 atom stereocenters. The first-order valence-electron chi connectivity index (χ1n) is 9.82. The molecule has 2 aromatic carbocycles. The van der Waals surface area contributed by atoms with Crippen LogP contribution in [-0.2, 0) is 35.0 Å². The van der Waals surface area contributed by atoms with Crippen LogP contribution in [0.15, 0.2) is 60.4 Å². The minimum atomic E-state index is -1.81. The van der Waals surface area contributed by atoms with Gasteiger partial charge in [0.2, 0.25) is 0 Å². The number of allylic oxidation sites excluding steroid dienone is 2. The van der Waals surface area contributed by atoms with Gasteiger partial charge in [-0.1, -0.05) is 0 Å². The first-order valence-corrected chi connectivity index (χ1v) is 15.9. The SMILES string of the molecule is C[CH]=[Zr+2][C]1(C2C(O[Si](C)(C)C)=C(OC)c3ccccc32)C=Cc2ccccc21.[Cl-].[Cl-]. The molecule has 0 spiro atoms. The van der Waals surface area contributed by atoms with Gasteiger partial charge >= 0.3 is 181 Å². The van der Waals surface area contributed by atoms with Crippen LogP contribution in [0.1, 0.15) is 35.1 Å². The molecule has 2 nitrogen and oxygen atoms in total. The molecule has 0 N–H and O–H groups in total. The fourth-order valence-electron chi connectivity index (χ4n) is 4.49. The van der Waals surface area contributed by atoms with Crippen LogP contribution in [0.3, 0.4) is 0 Å². The van der Waals surface area contributed by atoms with Crippen molar-refractivity contribution in [2.24, 2.45) is 0 Å². The third kappa shape index (κ3) is 4.21.